The van der Waals surface area contributed by atoms with Crippen molar-refractivity contribution in [2.45, 2.75) is 108 Å². The Morgan fingerprint density at radius 2 is 1.33 bits per heavy atom. The molecule has 0 saturated heterocycles. The summed E-state index contributed by atoms with van der Waals surface area (Å²) < 4.78 is 6.36. The average molecular weight is 379 g/mol. The normalized spacial score (nSPS) is 37.6. The molecule has 154 valence electrons. The smallest absolute Gasteiger partial charge is 0.223 e. The molecule has 27 heavy (non-hydrogen) atoms. The highest BCUT2D eigenvalue weighted by Crippen LogP contribution is 2.31. The quantitative estimate of drug-likeness (QED) is 0.744. The molecule has 2 unspecified atom stereocenters. The predicted octanol–water partition coefficient (Wildman–Crippen LogP) is 3.36. The van der Waals surface area contributed by atoms with Crippen molar-refractivity contribution in [3.63, 3.8) is 0 Å². The van der Waals surface area contributed by atoms with Crippen molar-refractivity contribution in [1.82, 2.24) is 10.6 Å². The van der Waals surface area contributed by atoms with E-state index in [1.807, 2.05) is 0 Å². The van der Waals surface area contributed by atoms with E-state index in [1.165, 1.54) is 25.7 Å². The summed E-state index contributed by atoms with van der Waals surface area (Å²) in [5.41, 5.74) is 0. The number of nitrogens with one attached hydrogen (secondary N) is 2. The largest absolute Gasteiger partial charge is 0.375 e. The molecule has 0 radical (unpaired) electrons. The van der Waals surface area contributed by atoms with E-state index in [0.29, 0.717) is 18.2 Å². The highest BCUT2D eigenvalue weighted by molar-refractivity contribution is 5.82. The van der Waals surface area contributed by atoms with Gasteiger partial charge in [0.25, 0.3) is 0 Å². The molecule has 0 heterocycles. The van der Waals surface area contributed by atoms with Crippen molar-refractivity contribution in [2.24, 2.45) is 11.8 Å². The molecular formula is C22H38N2O3. The van der Waals surface area contributed by atoms with Crippen LogP contribution in [0.15, 0.2) is 0 Å². The molecule has 3 rings (SSSR count). The van der Waals surface area contributed by atoms with Crippen LogP contribution in [0.4, 0.5) is 0 Å². The summed E-state index contributed by atoms with van der Waals surface area (Å²) in [6, 6.07) is 0.952. The van der Waals surface area contributed by atoms with Gasteiger partial charge in [0.2, 0.25) is 5.91 Å². The molecule has 3 fully saturated rings. The van der Waals surface area contributed by atoms with E-state index < -0.39 is 0 Å². The van der Waals surface area contributed by atoms with Crippen LogP contribution in [0.2, 0.25) is 0 Å². The second kappa shape index (κ2) is 10.0. The Bertz CT molecular complexity index is 494. The maximum absolute atomic E-state index is 12.6. The first-order valence-electron chi connectivity index (χ1n) is 11.2. The van der Waals surface area contributed by atoms with Crippen molar-refractivity contribution in [3.8, 4) is 0 Å². The summed E-state index contributed by atoms with van der Waals surface area (Å²) in [7, 11) is 2.05. The second-order valence-corrected chi connectivity index (χ2v) is 9.05. The van der Waals surface area contributed by atoms with Crippen molar-refractivity contribution in [3.05, 3.63) is 0 Å². The van der Waals surface area contributed by atoms with Crippen LogP contribution >= 0.6 is 0 Å². The van der Waals surface area contributed by atoms with Crippen LogP contribution in [-0.4, -0.2) is 43.0 Å². The lowest BCUT2D eigenvalue weighted by molar-refractivity contribution is -0.129. The Kier molecular flexibility index (Phi) is 7.71. The summed E-state index contributed by atoms with van der Waals surface area (Å²) in [5.74, 6) is 0.547. The Hall–Kier alpha value is -0.940. The molecular weight excluding hydrogens is 340 g/mol. The van der Waals surface area contributed by atoms with Gasteiger partial charge in [0.05, 0.1) is 12.2 Å². The van der Waals surface area contributed by atoms with Gasteiger partial charge in [-0.3, -0.25) is 9.59 Å². The lowest BCUT2D eigenvalue weighted by atomic mass is 9.79. The zero-order valence-corrected chi connectivity index (χ0v) is 17.2. The van der Waals surface area contributed by atoms with Gasteiger partial charge in [-0.2, -0.15) is 0 Å². The van der Waals surface area contributed by atoms with Gasteiger partial charge < -0.3 is 15.4 Å². The minimum atomic E-state index is 0.0315. The number of hydrogen-bond donors (Lipinski definition) is 2. The lowest BCUT2D eigenvalue weighted by Gasteiger charge is -2.35. The highest BCUT2D eigenvalue weighted by Gasteiger charge is 2.32. The number of Topliss-reactive ketones (excluding diaryl/α,β-unsaturated/α-hetero) is 1. The Balaban J connectivity index is 1.35. The summed E-state index contributed by atoms with van der Waals surface area (Å²) in [5, 5.41) is 6.65. The van der Waals surface area contributed by atoms with E-state index in [1.54, 1.807) is 6.92 Å². The first-order chi connectivity index (χ1) is 13.0. The third-order valence-corrected chi connectivity index (χ3v) is 7.11. The fraction of sp³-hybridized carbons (Fsp3) is 0.909. The van der Waals surface area contributed by atoms with Crippen molar-refractivity contribution < 1.29 is 14.3 Å². The molecule has 3 saturated carbocycles. The fourth-order valence-electron chi connectivity index (χ4n) is 5.22. The minimum absolute atomic E-state index is 0.0315. The van der Waals surface area contributed by atoms with Gasteiger partial charge in [-0.05, 0) is 84.6 Å². The van der Waals surface area contributed by atoms with Gasteiger partial charge in [0.15, 0.2) is 0 Å². The standard InChI is InChI=1S/C22H38N2O3/c1-15(25)16-4-3-5-17(14-16)22(26)24-19-8-12-21(13-9-19)27-20-10-6-18(23-2)7-11-20/h16-21,23H,3-14H2,1-2H3,(H,24,26). The summed E-state index contributed by atoms with van der Waals surface area (Å²) in [6.45, 7) is 1.66. The molecule has 0 aromatic rings. The third kappa shape index (κ3) is 6.02. The van der Waals surface area contributed by atoms with E-state index in [9.17, 15) is 9.59 Å². The number of carbonyl (C=O) groups is 2. The third-order valence-electron chi connectivity index (χ3n) is 7.11. The van der Waals surface area contributed by atoms with Gasteiger partial charge in [0, 0.05) is 23.9 Å². The molecule has 1 amide bonds. The molecule has 0 aromatic heterocycles. The highest BCUT2D eigenvalue weighted by atomic mass is 16.5. The maximum Gasteiger partial charge on any atom is 0.223 e. The molecule has 5 heteroatoms. The van der Waals surface area contributed by atoms with E-state index in [2.05, 4.69) is 17.7 Å². The van der Waals surface area contributed by atoms with Crippen LogP contribution in [0.1, 0.15) is 84.0 Å². The van der Waals surface area contributed by atoms with Crippen molar-refractivity contribution >= 4 is 11.7 Å². The molecule has 2 N–H and O–H groups in total. The van der Waals surface area contributed by atoms with E-state index in [-0.39, 0.29) is 29.6 Å². The second-order valence-electron chi connectivity index (χ2n) is 9.05. The van der Waals surface area contributed by atoms with Gasteiger partial charge in [-0.25, -0.2) is 0 Å². The first-order valence-corrected chi connectivity index (χ1v) is 11.2. The molecule has 0 aliphatic heterocycles. The minimum Gasteiger partial charge on any atom is -0.375 e. The Labute approximate surface area is 164 Å². The molecule has 0 aromatic carbocycles. The molecule has 2 atom stereocenters. The number of amides is 1. The van der Waals surface area contributed by atoms with Gasteiger partial charge in [0.1, 0.15) is 5.78 Å². The SMILES string of the molecule is CNC1CCC(OC2CCC(NC(=O)C3CCCC(C(C)=O)C3)CC2)CC1. The molecule has 5 nitrogen and oxygen atoms in total. The molecule has 3 aliphatic rings. The summed E-state index contributed by atoms with van der Waals surface area (Å²) in [6.07, 6.45) is 13.3. The van der Waals surface area contributed by atoms with Crippen LogP contribution in [-0.2, 0) is 14.3 Å². The van der Waals surface area contributed by atoms with E-state index in [4.69, 9.17) is 4.74 Å². The van der Waals surface area contributed by atoms with Crippen LogP contribution in [0.5, 0.6) is 0 Å². The number of ether oxygens (including phenoxy) is 1. The Morgan fingerprint density at radius 3 is 1.89 bits per heavy atom. The van der Waals surface area contributed by atoms with Gasteiger partial charge in [-0.1, -0.05) is 6.42 Å². The molecule has 3 aliphatic carbocycles. The van der Waals surface area contributed by atoms with Gasteiger partial charge in [-0.15, -0.1) is 0 Å². The number of rotatable bonds is 6. The van der Waals surface area contributed by atoms with E-state index in [0.717, 1.165) is 51.4 Å². The number of carbonyl (C=O) groups excluding carboxylic acids is 2. The monoisotopic (exact) mass is 378 g/mol. The summed E-state index contributed by atoms with van der Waals surface area (Å²) >= 11 is 0. The van der Waals surface area contributed by atoms with Crippen molar-refractivity contribution in [2.75, 3.05) is 7.05 Å². The lowest BCUT2D eigenvalue weighted by Crippen LogP contribution is -2.44. The first kappa shape index (κ1) is 20.8. The average Bonchev–Trinajstić information content (AvgIpc) is 2.70. The van der Waals surface area contributed by atoms with Crippen LogP contribution < -0.4 is 10.6 Å². The van der Waals surface area contributed by atoms with Gasteiger partial charge >= 0.3 is 0 Å². The fourth-order valence-corrected chi connectivity index (χ4v) is 5.22. The van der Waals surface area contributed by atoms with Crippen LogP contribution in [0, 0.1) is 11.8 Å². The summed E-state index contributed by atoms with van der Waals surface area (Å²) in [4.78, 5) is 24.3. The zero-order valence-electron chi connectivity index (χ0n) is 17.2. The predicted molar refractivity (Wildman–Crippen MR) is 107 cm³/mol. The maximum atomic E-state index is 12.6. The van der Waals surface area contributed by atoms with Crippen LogP contribution in [0.3, 0.4) is 0 Å². The molecule has 0 bridgehead atoms. The van der Waals surface area contributed by atoms with Crippen molar-refractivity contribution in [1.29, 1.82) is 0 Å². The topological polar surface area (TPSA) is 67.4 Å². The molecule has 0 spiro atoms. The number of ketones is 1. The zero-order chi connectivity index (χ0) is 19.2. The Morgan fingerprint density at radius 1 is 0.778 bits per heavy atom. The van der Waals surface area contributed by atoms with Crippen LogP contribution in [0.25, 0.3) is 0 Å². The number of hydrogen-bond acceptors (Lipinski definition) is 4. The van der Waals surface area contributed by atoms with E-state index >= 15 is 0 Å².